The largest absolute Gasteiger partial charge is 0.481 e. The number of benzene rings is 2. The SMILES string of the molecule is CCC(C)C(NC(=O)OCC1c2ccccc2-c2ccccc21)C(=O)N1CCC[C@H](C(=O)O)C1. The number of carboxylic acid groups (broad SMARTS) is 1. The molecule has 2 unspecified atom stereocenters. The topological polar surface area (TPSA) is 95.9 Å². The minimum absolute atomic E-state index is 0.0608. The summed E-state index contributed by atoms with van der Waals surface area (Å²) >= 11 is 0. The number of nitrogens with one attached hydrogen (secondary N) is 1. The number of carboxylic acids is 1. The second-order valence-electron chi connectivity index (χ2n) is 9.29. The first-order valence-electron chi connectivity index (χ1n) is 12.0. The Kier molecular flexibility index (Phi) is 7.20. The van der Waals surface area contributed by atoms with Crippen molar-refractivity contribution in [3.63, 3.8) is 0 Å². The fraction of sp³-hybridized carbons (Fsp3) is 0.444. The summed E-state index contributed by atoms with van der Waals surface area (Å²) in [6, 6.07) is 15.5. The summed E-state index contributed by atoms with van der Waals surface area (Å²) in [6.07, 6.45) is 1.26. The third-order valence-electron chi connectivity index (χ3n) is 7.18. The highest BCUT2D eigenvalue weighted by Crippen LogP contribution is 2.44. The smallest absolute Gasteiger partial charge is 0.407 e. The van der Waals surface area contributed by atoms with Crippen LogP contribution in [-0.4, -0.2) is 53.7 Å². The minimum Gasteiger partial charge on any atom is -0.481 e. The van der Waals surface area contributed by atoms with E-state index in [-0.39, 0.29) is 30.9 Å². The Morgan fingerprint density at radius 1 is 1.09 bits per heavy atom. The van der Waals surface area contributed by atoms with E-state index in [1.807, 2.05) is 38.1 Å². The zero-order valence-corrected chi connectivity index (χ0v) is 19.7. The maximum atomic E-state index is 13.3. The number of aliphatic carboxylic acids is 1. The summed E-state index contributed by atoms with van der Waals surface area (Å²) in [5.74, 6) is -1.87. The molecular formula is C27H32N2O5. The van der Waals surface area contributed by atoms with E-state index in [1.165, 1.54) is 0 Å². The molecule has 0 saturated carbocycles. The third kappa shape index (κ3) is 4.79. The lowest BCUT2D eigenvalue weighted by Crippen LogP contribution is -2.54. The van der Waals surface area contributed by atoms with Gasteiger partial charge in [-0.25, -0.2) is 4.79 Å². The molecule has 1 aliphatic heterocycles. The molecule has 0 aromatic heterocycles. The van der Waals surface area contributed by atoms with Gasteiger partial charge in [0.15, 0.2) is 0 Å². The maximum Gasteiger partial charge on any atom is 0.407 e. The number of amides is 2. The molecule has 0 radical (unpaired) electrons. The highest BCUT2D eigenvalue weighted by molar-refractivity contribution is 5.87. The molecule has 7 nitrogen and oxygen atoms in total. The Hall–Kier alpha value is -3.35. The fourth-order valence-corrected chi connectivity index (χ4v) is 5.03. The molecule has 2 N–H and O–H groups in total. The minimum atomic E-state index is -0.887. The number of piperidine rings is 1. The van der Waals surface area contributed by atoms with Gasteiger partial charge in [-0.15, -0.1) is 0 Å². The zero-order valence-electron chi connectivity index (χ0n) is 19.7. The van der Waals surface area contributed by atoms with Gasteiger partial charge in [0.25, 0.3) is 0 Å². The number of carbonyl (C=O) groups is 3. The van der Waals surface area contributed by atoms with Gasteiger partial charge >= 0.3 is 12.1 Å². The number of carbonyl (C=O) groups excluding carboxylic acids is 2. The van der Waals surface area contributed by atoms with E-state index < -0.39 is 24.0 Å². The second kappa shape index (κ2) is 10.3. The first-order chi connectivity index (χ1) is 16.4. The van der Waals surface area contributed by atoms with E-state index in [0.717, 1.165) is 22.3 Å². The molecule has 1 fully saturated rings. The van der Waals surface area contributed by atoms with Crippen molar-refractivity contribution in [2.45, 2.75) is 45.1 Å². The van der Waals surface area contributed by atoms with Crippen LogP contribution >= 0.6 is 0 Å². The van der Waals surface area contributed by atoms with Crippen molar-refractivity contribution >= 4 is 18.0 Å². The number of hydrogen-bond donors (Lipinski definition) is 2. The molecule has 7 heteroatoms. The third-order valence-corrected chi connectivity index (χ3v) is 7.18. The van der Waals surface area contributed by atoms with Gasteiger partial charge in [-0.2, -0.15) is 0 Å². The molecule has 1 aliphatic carbocycles. The van der Waals surface area contributed by atoms with E-state index in [0.29, 0.717) is 25.8 Å². The summed E-state index contributed by atoms with van der Waals surface area (Å²) in [7, 11) is 0. The van der Waals surface area contributed by atoms with Crippen LogP contribution in [0.5, 0.6) is 0 Å². The van der Waals surface area contributed by atoms with Gasteiger partial charge in [0.2, 0.25) is 5.91 Å². The van der Waals surface area contributed by atoms with E-state index in [1.54, 1.807) is 4.90 Å². The van der Waals surface area contributed by atoms with Gasteiger partial charge in [0.1, 0.15) is 12.6 Å². The van der Waals surface area contributed by atoms with Crippen LogP contribution in [-0.2, 0) is 14.3 Å². The van der Waals surface area contributed by atoms with Crippen LogP contribution in [0.2, 0.25) is 0 Å². The standard InChI is InChI=1S/C27H32N2O5/c1-3-17(2)24(25(30)29-14-8-9-18(15-29)26(31)32)28-27(33)34-16-23-21-12-6-4-10-19(21)20-11-5-7-13-22(20)23/h4-7,10-13,17-18,23-24H,3,8-9,14-16H2,1-2H3,(H,28,33)(H,31,32)/t17?,18-,24?/m0/s1. The van der Waals surface area contributed by atoms with Crippen molar-refractivity contribution in [3.05, 3.63) is 59.7 Å². The molecule has 3 atom stereocenters. The Labute approximate surface area is 200 Å². The van der Waals surface area contributed by atoms with Crippen molar-refractivity contribution in [3.8, 4) is 11.1 Å². The molecule has 34 heavy (non-hydrogen) atoms. The van der Waals surface area contributed by atoms with Crippen molar-refractivity contribution in [2.75, 3.05) is 19.7 Å². The van der Waals surface area contributed by atoms with Gasteiger partial charge in [0, 0.05) is 19.0 Å². The van der Waals surface area contributed by atoms with Crippen LogP contribution in [0.3, 0.4) is 0 Å². The number of nitrogens with zero attached hydrogens (tertiary/aromatic N) is 1. The first kappa shape index (κ1) is 23.8. The van der Waals surface area contributed by atoms with Crippen LogP contribution in [0.15, 0.2) is 48.5 Å². The summed E-state index contributed by atoms with van der Waals surface area (Å²) < 4.78 is 5.65. The Bertz CT molecular complexity index is 1020. The molecule has 1 saturated heterocycles. The average molecular weight is 465 g/mol. The predicted octanol–water partition coefficient (Wildman–Crippen LogP) is 4.26. The lowest BCUT2D eigenvalue weighted by Gasteiger charge is -2.35. The van der Waals surface area contributed by atoms with Gasteiger partial charge < -0.3 is 20.1 Å². The predicted molar refractivity (Wildman–Crippen MR) is 128 cm³/mol. The molecular weight excluding hydrogens is 432 g/mol. The number of alkyl carbamates (subject to hydrolysis) is 1. The highest BCUT2D eigenvalue weighted by atomic mass is 16.5. The van der Waals surface area contributed by atoms with Crippen LogP contribution in [0, 0.1) is 11.8 Å². The van der Waals surface area contributed by atoms with Gasteiger partial charge in [0.05, 0.1) is 5.92 Å². The summed E-state index contributed by atoms with van der Waals surface area (Å²) in [5, 5.41) is 12.1. The highest BCUT2D eigenvalue weighted by Gasteiger charge is 2.35. The van der Waals surface area contributed by atoms with E-state index in [9.17, 15) is 19.5 Å². The van der Waals surface area contributed by atoms with E-state index in [4.69, 9.17) is 4.74 Å². The summed E-state index contributed by atoms with van der Waals surface area (Å²) in [5.41, 5.74) is 4.55. The Morgan fingerprint density at radius 2 is 1.71 bits per heavy atom. The monoisotopic (exact) mass is 464 g/mol. The van der Waals surface area contributed by atoms with Crippen molar-refractivity contribution in [2.24, 2.45) is 11.8 Å². The molecule has 2 aliphatic rings. The maximum absolute atomic E-state index is 13.3. The first-order valence-corrected chi connectivity index (χ1v) is 12.0. The molecule has 1 heterocycles. The molecule has 0 spiro atoms. The number of rotatable bonds is 7. The normalized spacial score (nSPS) is 19.0. The van der Waals surface area contributed by atoms with Crippen LogP contribution in [0.1, 0.15) is 50.2 Å². The Balaban J connectivity index is 1.43. The van der Waals surface area contributed by atoms with Gasteiger partial charge in [-0.05, 0) is 41.0 Å². The number of ether oxygens (including phenoxy) is 1. The molecule has 2 aromatic rings. The zero-order chi connectivity index (χ0) is 24.2. The fourth-order valence-electron chi connectivity index (χ4n) is 5.03. The molecule has 4 rings (SSSR count). The van der Waals surface area contributed by atoms with Crippen LogP contribution in [0.25, 0.3) is 11.1 Å². The molecule has 180 valence electrons. The van der Waals surface area contributed by atoms with Crippen molar-refractivity contribution in [1.82, 2.24) is 10.2 Å². The molecule has 2 aromatic carbocycles. The summed E-state index contributed by atoms with van der Waals surface area (Å²) in [4.78, 5) is 39.1. The number of hydrogen-bond acceptors (Lipinski definition) is 4. The number of likely N-dealkylation sites (tertiary alicyclic amines) is 1. The average Bonchev–Trinajstić information content (AvgIpc) is 3.19. The second-order valence-corrected chi connectivity index (χ2v) is 9.29. The van der Waals surface area contributed by atoms with Crippen molar-refractivity contribution < 1.29 is 24.2 Å². The quantitative estimate of drug-likeness (QED) is 0.638. The van der Waals surface area contributed by atoms with Crippen molar-refractivity contribution in [1.29, 1.82) is 0 Å². The summed E-state index contributed by atoms with van der Waals surface area (Å²) in [6.45, 7) is 4.72. The molecule has 0 bridgehead atoms. The lowest BCUT2D eigenvalue weighted by molar-refractivity contribution is -0.146. The van der Waals surface area contributed by atoms with E-state index in [2.05, 4.69) is 29.6 Å². The Morgan fingerprint density at radius 3 is 2.29 bits per heavy atom. The van der Waals surface area contributed by atoms with Crippen LogP contribution < -0.4 is 5.32 Å². The lowest BCUT2D eigenvalue weighted by atomic mass is 9.94. The van der Waals surface area contributed by atoms with Crippen LogP contribution in [0.4, 0.5) is 4.79 Å². The number of fused-ring (bicyclic) bond motifs is 3. The van der Waals surface area contributed by atoms with E-state index >= 15 is 0 Å². The van der Waals surface area contributed by atoms with Gasteiger partial charge in [-0.1, -0.05) is 68.8 Å². The van der Waals surface area contributed by atoms with Gasteiger partial charge in [-0.3, -0.25) is 9.59 Å². The molecule has 2 amide bonds.